The second kappa shape index (κ2) is 7.48. The van der Waals surface area contributed by atoms with Gasteiger partial charge in [0.15, 0.2) is 12.9 Å². The average molecular weight is 339 g/mol. The highest BCUT2D eigenvalue weighted by Gasteiger charge is 2.16. The molecule has 0 N–H and O–H groups in total. The summed E-state index contributed by atoms with van der Waals surface area (Å²) >= 11 is 18.1. The number of oxime groups is 1. The van der Waals surface area contributed by atoms with Crippen molar-refractivity contribution in [1.29, 1.82) is 0 Å². The van der Waals surface area contributed by atoms with Gasteiger partial charge in [0, 0.05) is 21.5 Å². The van der Waals surface area contributed by atoms with Gasteiger partial charge in [-0.25, -0.2) is 0 Å². The Morgan fingerprint density at radius 2 is 1.85 bits per heavy atom. The van der Waals surface area contributed by atoms with Crippen molar-refractivity contribution in [2.24, 2.45) is 5.16 Å². The van der Waals surface area contributed by atoms with Crippen molar-refractivity contribution in [3.63, 3.8) is 0 Å². The van der Waals surface area contributed by atoms with Gasteiger partial charge in [-0.1, -0.05) is 40.0 Å². The highest BCUT2D eigenvalue weighted by Crippen LogP contribution is 2.29. The molecule has 0 amide bonds. The Hall–Kier alpha value is -0.520. The van der Waals surface area contributed by atoms with Crippen LogP contribution in [-0.4, -0.2) is 31.8 Å². The minimum Gasteiger partial charge on any atom is -0.390 e. The van der Waals surface area contributed by atoms with Gasteiger partial charge in [-0.3, -0.25) is 0 Å². The van der Waals surface area contributed by atoms with Gasteiger partial charge < -0.3 is 14.3 Å². The Bertz CT molecular complexity index is 479. The van der Waals surface area contributed by atoms with Crippen LogP contribution in [0, 0.1) is 0 Å². The molecule has 1 aliphatic rings. The Labute approximate surface area is 132 Å². The van der Waals surface area contributed by atoms with E-state index in [1.165, 1.54) is 0 Å². The maximum Gasteiger partial charge on any atom is 0.194 e. The fourth-order valence-electron chi connectivity index (χ4n) is 1.74. The fourth-order valence-corrected chi connectivity index (χ4v) is 2.69. The van der Waals surface area contributed by atoms with Gasteiger partial charge in [0.1, 0.15) is 0 Å². The van der Waals surface area contributed by atoms with E-state index in [1.54, 1.807) is 12.1 Å². The van der Waals surface area contributed by atoms with Crippen molar-refractivity contribution >= 4 is 40.5 Å². The Morgan fingerprint density at radius 3 is 2.45 bits per heavy atom. The lowest BCUT2D eigenvalue weighted by Crippen LogP contribution is -2.15. The number of nitrogens with zero attached hydrogens (tertiary/aromatic N) is 1. The van der Waals surface area contributed by atoms with E-state index >= 15 is 0 Å². The van der Waals surface area contributed by atoms with Crippen LogP contribution in [0.3, 0.4) is 0 Å². The normalized spacial score (nSPS) is 16.7. The monoisotopic (exact) mass is 337 g/mol. The van der Waals surface area contributed by atoms with E-state index in [4.69, 9.17) is 49.1 Å². The standard InChI is InChI=1S/C13H14Cl3NO3/c1-8(17-20-7-13-18-2-3-19-13)4-10-11(15)5-9(14)6-12(10)16/h5-6,13H,2-4,7H2,1H3/b17-8+. The van der Waals surface area contributed by atoms with Crippen LogP contribution in [0.1, 0.15) is 12.5 Å². The summed E-state index contributed by atoms with van der Waals surface area (Å²) in [6, 6.07) is 3.30. The highest BCUT2D eigenvalue weighted by atomic mass is 35.5. The van der Waals surface area contributed by atoms with E-state index in [1.807, 2.05) is 6.92 Å². The number of hydrogen-bond acceptors (Lipinski definition) is 4. The van der Waals surface area contributed by atoms with E-state index in [-0.39, 0.29) is 12.9 Å². The number of hydrogen-bond donors (Lipinski definition) is 0. The molecule has 20 heavy (non-hydrogen) atoms. The molecule has 1 heterocycles. The maximum absolute atomic E-state index is 6.11. The molecule has 1 aliphatic heterocycles. The van der Waals surface area contributed by atoms with Gasteiger partial charge in [-0.2, -0.15) is 0 Å². The summed E-state index contributed by atoms with van der Waals surface area (Å²) < 4.78 is 10.5. The van der Waals surface area contributed by atoms with E-state index in [0.29, 0.717) is 34.7 Å². The number of rotatable bonds is 5. The van der Waals surface area contributed by atoms with E-state index in [0.717, 1.165) is 11.3 Å². The third kappa shape index (κ3) is 4.50. The summed E-state index contributed by atoms with van der Waals surface area (Å²) in [4.78, 5) is 5.18. The van der Waals surface area contributed by atoms with Gasteiger partial charge in [-0.05, 0) is 24.6 Å². The second-order valence-electron chi connectivity index (χ2n) is 4.32. The van der Waals surface area contributed by atoms with Crippen molar-refractivity contribution in [1.82, 2.24) is 0 Å². The zero-order valence-electron chi connectivity index (χ0n) is 10.9. The molecule has 110 valence electrons. The molecule has 1 aromatic carbocycles. The van der Waals surface area contributed by atoms with Crippen LogP contribution in [-0.2, 0) is 20.7 Å². The summed E-state index contributed by atoms with van der Waals surface area (Å²) in [6.45, 7) is 3.27. The Kier molecular flexibility index (Phi) is 5.93. The molecule has 2 rings (SSSR count). The lowest BCUT2D eigenvalue weighted by Gasteiger charge is -2.09. The SMILES string of the molecule is C/C(Cc1c(Cl)cc(Cl)cc1Cl)=N\OCC1OCCO1. The third-order valence-corrected chi connectivity index (χ3v) is 3.55. The molecule has 7 heteroatoms. The molecule has 0 unspecified atom stereocenters. The molecule has 0 bridgehead atoms. The lowest BCUT2D eigenvalue weighted by molar-refractivity contribution is -0.0935. The molecule has 1 fully saturated rings. The maximum atomic E-state index is 6.11. The molecule has 0 saturated carbocycles. The molecule has 0 aromatic heterocycles. The summed E-state index contributed by atoms with van der Waals surface area (Å²) in [5.74, 6) is 0. The first kappa shape index (κ1) is 15.9. The molecule has 1 aromatic rings. The molecule has 0 atom stereocenters. The summed E-state index contributed by atoms with van der Waals surface area (Å²) in [5.41, 5.74) is 1.52. The number of halogens is 3. The second-order valence-corrected chi connectivity index (χ2v) is 5.57. The van der Waals surface area contributed by atoms with Crippen molar-refractivity contribution in [3.05, 3.63) is 32.8 Å². The van der Waals surface area contributed by atoms with Crippen LogP contribution in [0.15, 0.2) is 17.3 Å². The van der Waals surface area contributed by atoms with Gasteiger partial charge in [0.2, 0.25) is 0 Å². The minimum atomic E-state index is -0.339. The predicted octanol–water partition coefficient (Wildman–Crippen LogP) is 3.95. The predicted molar refractivity (Wildman–Crippen MR) is 79.9 cm³/mol. The van der Waals surface area contributed by atoms with Crippen LogP contribution in [0.4, 0.5) is 0 Å². The first-order valence-electron chi connectivity index (χ1n) is 6.08. The summed E-state index contributed by atoms with van der Waals surface area (Å²) in [7, 11) is 0. The van der Waals surface area contributed by atoms with Crippen LogP contribution < -0.4 is 0 Å². The van der Waals surface area contributed by atoms with Crippen molar-refractivity contribution in [2.45, 2.75) is 19.6 Å². The molecular formula is C13H14Cl3NO3. The smallest absolute Gasteiger partial charge is 0.194 e. The molecule has 0 spiro atoms. The van der Waals surface area contributed by atoms with Gasteiger partial charge in [-0.15, -0.1) is 0 Å². The van der Waals surface area contributed by atoms with Crippen LogP contribution in [0.5, 0.6) is 0 Å². The zero-order chi connectivity index (χ0) is 14.5. The zero-order valence-corrected chi connectivity index (χ0v) is 13.1. The average Bonchev–Trinajstić information content (AvgIpc) is 2.87. The molecule has 4 nitrogen and oxygen atoms in total. The molecule has 1 saturated heterocycles. The van der Waals surface area contributed by atoms with Gasteiger partial charge in [0.25, 0.3) is 0 Å². The summed E-state index contributed by atoms with van der Waals surface area (Å²) in [6.07, 6.45) is 0.149. The Balaban J connectivity index is 1.91. The molecule has 0 aliphatic carbocycles. The van der Waals surface area contributed by atoms with Crippen molar-refractivity contribution in [2.75, 3.05) is 19.8 Å². The number of benzene rings is 1. The first-order chi connectivity index (χ1) is 9.56. The van der Waals surface area contributed by atoms with E-state index in [9.17, 15) is 0 Å². The first-order valence-corrected chi connectivity index (χ1v) is 7.21. The Morgan fingerprint density at radius 1 is 1.25 bits per heavy atom. The van der Waals surface area contributed by atoms with Crippen LogP contribution >= 0.6 is 34.8 Å². The lowest BCUT2D eigenvalue weighted by atomic mass is 10.1. The topological polar surface area (TPSA) is 40.0 Å². The highest BCUT2D eigenvalue weighted by molar-refractivity contribution is 6.39. The fraction of sp³-hybridized carbons (Fsp3) is 0.462. The van der Waals surface area contributed by atoms with E-state index in [2.05, 4.69) is 5.16 Å². The van der Waals surface area contributed by atoms with Gasteiger partial charge in [0.05, 0.1) is 18.9 Å². The minimum absolute atomic E-state index is 0.263. The van der Waals surface area contributed by atoms with Crippen LogP contribution in [0.2, 0.25) is 15.1 Å². The number of ether oxygens (including phenoxy) is 2. The summed E-state index contributed by atoms with van der Waals surface area (Å²) in [5, 5.41) is 5.53. The van der Waals surface area contributed by atoms with Crippen molar-refractivity contribution < 1.29 is 14.3 Å². The van der Waals surface area contributed by atoms with Crippen molar-refractivity contribution in [3.8, 4) is 0 Å². The molecular weight excluding hydrogens is 325 g/mol. The van der Waals surface area contributed by atoms with Gasteiger partial charge >= 0.3 is 0 Å². The largest absolute Gasteiger partial charge is 0.390 e. The third-order valence-electron chi connectivity index (χ3n) is 2.66. The molecule has 0 radical (unpaired) electrons. The van der Waals surface area contributed by atoms with E-state index < -0.39 is 0 Å². The van der Waals surface area contributed by atoms with Crippen LogP contribution in [0.25, 0.3) is 0 Å². The quantitative estimate of drug-likeness (QED) is 0.603.